The zero-order valence-electron chi connectivity index (χ0n) is 8.81. The van der Waals surface area contributed by atoms with Crippen molar-refractivity contribution in [1.82, 2.24) is 14.3 Å². The van der Waals surface area contributed by atoms with Crippen molar-refractivity contribution in [3.63, 3.8) is 0 Å². The lowest BCUT2D eigenvalue weighted by Crippen LogP contribution is -2.32. The molecule has 0 spiro atoms. The zero-order chi connectivity index (χ0) is 11.6. The van der Waals surface area contributed by atoms with Gasteiger partial charge in [-0.25, -0.2) is 8.42 Å². The number of hydrogen-bond acceptors (Lipinski definition) is 4. The van der Waals surface area contributed by atoms with E-state index in [-0.39, 0.29) is 5.92 Å². The fourth-order valence-electron chi connectivity index (χ4n) is 1.50. The summed E-state index contributed by atoms with van der Waals surface area (Å²) in [6.45, 7) is 2.04. The summed E-state index contributed by atoms with van der Waals surface area (Å²) in [5.74, 6) is -0.128. The fraction of sp³-hybridized carbons (Fsp3) is 0.300. The van der Waals surface area contributed by atoms with Crippen LogP contribution in [0.1, 0.15) is 11.6 Å². The van der Waals surface area contributed by atoms with Crippen molar-refractivity contribution in [2.45, 2.75) is 5.92 Å². The molecule has 6 heteroatoms. The molecular formula is C10H12N3O2S. The third-order valence-corrected chi connectivity index (χ3v) is 3.43. The number of rotatable bonds is 2. The molecule has 0 saturated heterocycles. The molecule has 0 fully saturated rings. The van der Waals surface area contributed by atoms with Crippen molar-refractivity contribution in [3.05, 3.63) is 43.0 Å². The molecule has 0 N–H and O–H groups in total. The topological polar surface area (TPSA) is 63.2 Å². The Labute approximate surface area is 94.9 Å². The lowest BCUT2D eigenvalue weighted by Gasteiger charge is -2.25. The van der Waals surface area contributed by atoms with Crippen LogP contribution in [-0.2, 0) is 10.0 Å². The highest BCUT2D eigenvalue weighted by Gasteiger charge is 2.24. The number of nitrogens with zero attached hydrogens (tertiary/aromatic N) is 3. The maximum absolute atomic E-state index is 11.4. The molecule has 2 heterocycles. The van der Waals surface area contributed by atoms with Gasteiger partial charge in [-0.2, -0.15) is 4.31 Å². The molecule has 1 atom stereocenters. The summed E-state index contributed by atoms with van der Waals surface area (Å²) in [5.41, 5.74) is 0.743. The Bertz CT molecular complexity index is 484. The van der Waals surface area contributed by atoms with Crippen LogP contribution < -0.4 is 0 Å². The summed E-state index contributed by atoms with van der Waals surface area (Å²) in [4.78, 5) is 8.12. The molecule has 1 unspecified atom stereocenters. The minimum atomic E-state index is -3.19. The minimum absolute atomic E-state index is 0.128. The lowest BCUT2D eigenvalue weighted by molar-refractivity contribution is 0.475. The molecule has 1 aromatic heterocycles. The molecule has 0 aromatic carbocycles. The van der Waals surface area contributed by atoms with Gasteiger partial charge in [-0.3, -0.25) is 9.97 Å². The van der Waals surface area contributed by atoms with Gasteiger partial charge < -0.3 is 0 Å². The minimum Gasteiger partial charge on any atom is -0.261 e. The monoisotopic (exact) mass is 238 g/mol. The van der Waals surface area contributed by atoms with E-state index >= 15 is 0 Å². The van der Waals surface area contributed by atoms with E-state index in [2.05, 4.69) is 9.97 Å². The fourth-order valence-corrected chi connectivity index (χ4v) is 2.21. The van der Waals surface area contributed by atoms with E-state index in [1.54, 1.807) is 25.1 Å². The van der Waals surface area contributed by atoms with Gasteiger partial charge in [0.15, 0.2) is 0 Å². The summed E-state index contributed by atoms with van der Waals surface area (Å²) in [6.07, 6.45) is 9.75. The van der Waals surface area contributed by atoms with Crippen molar-refractivity contribution in [1.29, 1.82) is 0 Å². The van der Waals surface area contributed by atoms with Gasteiger partial charge >= 0.3 is 0 Å². The maximum Gasteiger partial charge on any atom is 0.211 e. The lowest BCUT2D eigenvalue weighted by atomic mass is 10.0. The summed E-state index contributed by atoms with van der Waals surface area (Å²) in [6, 6.07) is 0. The molecule has 1 radical (unpaired) electrons. The van der Waals surface area contributed by atoms with Crippen LogP contribution in [0.4, 0.5) is 0 Å². The van der Waals surface area contributed by atoms with Gasteiger partial charge in [-0.1, -0.05) is 12.2 Å². The normalized spacial score (nSPS) is 22.2. The van der Waals surface area contributed by atoms with Gasteiger partial charge in [0.1, 0.15) is 0 Å². The molecule has 1 aliphatic rings. The Morgan fingerprint density at radius 1 is 1.44 bits per heavy atom. The first kappa shape index (κ1) is 11.2. The van der Waals surface area contributed by atoms with E-state index in [1.165, 1.54) is 10.6 Å². The molecular weight excluding hydrogens is 226 g/mol. The van der Waals surface area contributed by atoms with Crippen LogP contribution in [0, 0.1) is 6.54 Å². The first-order chi connectivity index (χ1) is 7.57. The molecule has 5 nitrogen and oxygen atoms in total. The van der Waals surface area contributed by atoms with E-state index in [0.29, 0.717) is 6.54 Å². The summed E-state index contributed by atoms with van der Waals surface area (Å²) in [5, 5.41) is 0. The van der Waals surface area contributed by atoms with E-state index in [4.69, 9.17) is 0 Å². The number of sulfonamides is 1. The van der Waals surface area contributed by atoms with Crippen molar-refractivity contribution in [3.8, 4) is 0 Å². The van der Waals surface area contributed by atoms with Crippen LogP contribution in [0.3, 0.4) is 0 Å². The van der Waals surface area contributed by atoms with Crippen molar-refractivity contribution in [2.24, 2.45) is 0 Å². The van der Waals surface area contributed by atoms with Crippen molar-refractivity contribution >= 4 is 10.0 Å². The van der Waals surface area contributed by atoms with Gasteiger partial charge in [-0.05, 0) is 0 Å². The van der Waals surface area contributed by atoms with Crippen molar-refractivity contribution < 1.29 is 8.42 Å². The Kier molecular flexibility index (Phi) is 3.02. The van der Waals surface area contributed by atoms with Crippen LogP contribution in [0.25, 0.3) is 0 Å². The van der Waals surface area contributed by atoms with Gasteiger partial charge in [-0.15, -0.1) is 0 Å². The SMILES string of the molecule is CS(=O)(=O)N1[CH]C(c2cnccn2)C=CC1. The first-order valence-corrected chi connectivity index (χ1v) is 6.66. The average Bonchev–Trinajstić information content (AvgIpc) is 2.29. The van der Waals surface area contributed by atoms with E-state index < -0.39 is 10.0 Å². The largest absolute Gasteiger partial charge is 0.261 e. The zero-order valence-corrected chi connectivity index (χ0v) is 9.63. The Morgan fingerprint density at radius 2 is 2.25 bits per heavy atom. The van der Waals surface area contributed by atoms with Crippen LogP contribution >= 0.6 is 0 Å². The maximum atomic E-state index is 11.4. The highest BCUT2D eigenvalue weighted by Crippen LogP contribution is 2.24. The van der Waals surface area contributed by atoms with Gasteiger partial charge in [0, 0.05) is 31.1 Å². The van der Waals surface area contributed by atoms with Gasteiger partial charge in [0.2, 0.25) is 10.0 Å². The summed E-state index contributed by atoms with van der Waals surface area (Å²) in [7, 11) is -3.19. The quantitative estimate of drug-likeness (QED) is 0.706. The number of hydrogen-bond donors (Lipinski definition) is 0. The molecule has 0 amide bonds. The molecule has 1 aromatic rings. The Morgan fingerprint density at radius 3 is 2.88 bits per heavy atom. The Balaban J connectivity index is 2.21. The molecule has 0 bridgehead atoms. The standard InChI is InChI=1S/C10H12N3O2S/c1-16(14,15)13-6-2-3-9(8-13)10-7-11-4-5-12-10/h2-5,7-9H,6H2,1H3. The van der Waals surface area contributed by atoms with Crippen LogP contribution in [0.2, 0.25) is 0 Å². The highest BCUT2D eigenvalue weighted by atomic mass is 32.2. The van der Waals surface area contributed by atoms with Gasteiger partial charge in [0.25, 0.3) is 0 Å². The number of aromatic nitrogens is 2. The third kappa shape index (κ3) is 2.45. The predicted octanol–water partition coefficient (Wildman–Crippen LogP) is 0.553. The highest BCUT2D eigenvalue weighted by molar-refractivity contribution is 7.88. The van der Waals surface area contributed by atoms with Crippen LogP contribution in [0.15, 0.2) is 30.7 Å². The van der Waals surface area contributed by atoms with Crippen LogP contribution in [-0.4, -0.2) is 35.5 Å². The van der Waals surface area contributed by atoms with E-state index in [9.17, 15) is 8.42 Å². The molecule has 0 saturated carbocycles. The molecule has 85 valence electrons. The van der Waals surface area contributed by atoms with Gasteiger partial charge in [0.05, 0.1) is 18.5 Å². The third-order valence-electron chi connectivity index (χ3n) is 2.31. The second-order valence-electron chi connectivity index (χ2n) is 3.57. The Hall–Kier alpha value is -1.27. The van der Waals surface area contributed by atoms with Crippen LogP contribution in [0.5, 0.6) is 0 Å². The molecule has 1 aliphatic heterocycles. The first-order valence-electron chi connectivity index (χ1n) is 4.82. The second kappa shape index (κ2) is 4.31. The molecule has 16 heavy (non-hydrogen) atoms. The second-order valence-corrected chi connectivity index (χ2v) is 5.50. The van der Waals surface area contributed by atoms with E-state index in [0.717, 1.165) is 5.69 Å². The molecule has 0 aliphatic carbocycles. The average molecular weight is 238 g/mol. The summed E-state index contributed by atoms with van der Waals surface area (Å²) < 4.78 is 24.1. The smallest absolute Gasteiger partial charge is 0.211 e. The molecule has 2 rings (SSSR count). The van der Waals surface area contributed by atoms with E-state index in [1.807, 2.05) is 12.2 Å². The van der Waals surface area contributed by atoms with Crippen molar-refractivity contribution in [2.75, 3.05) is 12.8 Å². The predicted molar refractivity (Wildman–Crippen MR) is 59.8 cm³/mol. The summed E-state index contributed by atoms with van der Waals surface area (Å²) >= 11 is 0.